The molecule has 2 fully saturated rings. The summed E-state index contributed by atoms with van der Waals surface area (Å²) in [5.74, 6) is 1.87. The van der Waals surface area contributed by atoms with E-state index in [1.165, 1.54) is 6.42 Å². The maximum atomic E-state index is 5.36. The number of para-hydroxylation sites is 2. The molecule has 1 unspecified atom stereocenters. The van der Waals surface area contributed by atoms with Crippen LogP contribution in [-0.4, -0.2) is 56.1 Å². The fraction of sp³-hybridized carbons (Fsp3) is 0.429. The van der Waals surface area contributed by atoms with Gasteiger partial charge >= 0.3 is 0 Å². The molecule has 0 spiro atoms. The lowest BCUT2D eigenvalue weighted by atomic mass is 10.3. The van der Waals surface area contributed by atoms with Gasteiger partial charge in [0.15, 0.2) is 0 Å². The minimum absolute atomic E-state index is 0. The summed E-state index contributed by atoms with van der Waals surface area (Å²) in [4.78, 5) is 0. The van der Waals surface area contributed by atoms with Crippen molar-refractivity contribution in [1.82, 2.24) is 0 Å². The van der Waals surface area contributed by atoms with Crippen LogP contribution in [0.25, 0.3) is 0 Å². The van der Waals surface area contributed by atoms with Crippen LogP contribution in [-0.2, 0) is 9.47 Å². The van der Waals surface area contributed by atoms with Crippen molar-refractivity contribution in [2.45, 2.75) is 91.2 Å². The van der Waals surface area contributed by atoms with E-state index in [0.717, 1.165) is 44.3 Å². The van der Waals surface area contributed by atoms with Crippen LogP contribution in [0.1, 0.15) is 85.1 Å². The average molecular weight is 697 g/mol. The van der Waals surface area contributed by atoms with Crippen LogP contribution < -0.4 is 9.47 Å². The van der Waals surface area contributed by atoms with Crippen molar-refractivity contribution < 1.29 is 35.4 Å². The third kappa shape index (κ3) is 67.4. The van der Waals surface area contributed by atoms with Crippen LogP contribution in [0.15, 0.2) is 133 Å². The predicted octanol–water partition coefficient (Wildman–Crippen LogP) is 10.7. The molecular formula is C42H80O7. The molecule has 4 aromatic rings. The number of rotatable bonds is 4. The Balaban J connectivity index is -0.0000000452. The molecule has 4 aromatic carbocycles. The fourth-order valence-corrected chi connectivity index (χ4v) is 2.16. The molecule has 6 rings (SSSR count). The van der Waals surface area contributed by atoms with Gasteiger partial charge in [-0.3, -0.25) is 0 Å². The third-order valence-corrected chi connectivity index (χ3v) is 4.23. The molecule has 7 heteroatoms. The van der Waals surface area contributed by atoms with Gasteiger partial charge in [-0.05, 0) is 37.6 Å². The highest BCUT2D eigenvalue weighted by Crippen LogP contribution is 2.08. The molecular weight excluding hydrogens is 616 g/mol. The highest BCUT2D eigenvalue weighted by molar-refractivity contribution is 5.21. The standard InChI is InChI=1S/C9H12O.C7H8O.2C6H6.C3H6O.C3H8.C2H4O.6CH4.3H2O/c1-2-8-10-9-6-4-3-5-7-9;1-8-7-5-3-2-4-6-7;2*1-2-4-6-5-3-1;1-3-2-4-3;1-3-2;1-2-3-1;;;;;;;;;/h3-7H,2,8H2,1H3;2-6H,1H3;2*1-6H;3H,2H2,1H3;3H2,1-2H3;1-2H2;6*1H4;3*1H2. The van der Waals surface area contributed by atoms with Crippen LogP contribution in [0, 0.1) is 0 Å². The zero-order valence-corrected chi connectivity index (χ0v) is 26.7. The van der Waals surface area contributed by atoms with Crippen molar-refractivity contribution in [3.8, 4) is 11.5 Å². The summed E-state index contributed by atoms with van der Waals surface area (Å²) in [6.07, 6.45) is 2.90. The van der Waals surface area contributed by atoms with E-state index < -0.39 is 0 Å². The van der Waals surface area contributed by atoms with Gasteiger partial charge in [0.25, 0.3) is 0 Å². The van der Waals surface area contributed by atoms with Crippen molar-refractivity contribution in [2.24, 2.45) is 0 Å². The molecule has 290 valence electrons. The molecule has 7 nitrogen and oxygen atoms in total. The van der Waals surface area contributed by atoms with Crippen LogP contribution >= 0.6 is 0 Å². The second-order valence-electron chi connectivity index (χ2n) is 8.45. The smallest absolute Gasteiger partial charge is 0.119 e. The fourth-order valence-electron chi connectivity index (χ4n) is 2.16. The van der Waals surface area contributed by atoms with Crippen molar-refractivity contribution in [2.75, 3.05) is 33.5 Å². The van der Waals surface area contributed by atoms with Gasteiger partial charge in [-0.2, -0.15) is 0 Å². The predicted molar refractivity (Wildman–Crippen MR) is 222 cm³/mol. The van der Waals surface area contributed by atoms with Gasteiger partial charge in [0, 0.05) is 0 Å². The van der Waals surface area contributed by atoms with Crippen molar-refractivity contribution in [1.29, 1.82) is 0 Å². The Bertz CT molecular complexity index is 867. The van der Waals surface area contributed by atoms with Gasteiger partial charge in [0.05, 0.1) is 39.6 Å². The molecule has 0 aliphatic carbocycles. The number of hydrogen-bond donors (Lipinski definition) is 0. The Hall–Kier alpha value is -3.72. The molecule has 2 saturated heterocycles. The summed E-state index contributed by atoms with van der Waals surface area (Å²) in [5, 5.41) is 0. The van der Waals surface area contributed by atoms with E-state index >= 15 is 0 Å². The van der Waals surface area contributed by atoms with Gasteiger partial charge in [-0.25, -0.2) is 0 Å². The van der Waals surface area contributed by atoms with Gasteiger partial charge in [-0.1, -0.05) is 181 Å². The third-order valence-electron chi connectivity index (χ3n) is 4.23. The molecule has 2 heterocycles. The van der Waals surface area contributed by atoms with Crippen LogP contribution in [0.3, 0.4) is 0 Å². The van der Waals surface area contributed by atoms with E-state index in [0.29, 0.717) is 6.10 Å². The second kappa shape index (κ2) is 59.7. The van der Waals surface area contributed by atoms with Gasteiger partial charge in [0.1, 0.15) is 11.5 Å². The normalized spacial score (nSPS) is 10.3. The lowest BCUT2D eigenvalue weighted by Gasteiger charge is -2.01. The van der Waals surface area contributed by atoms with E-state index in [2.05, 4.69) is 32.4 Å². The van der Waals surface area contributed by atoms with E-state index in [9.17, 15) is 0 Å². The molecule has 2 aliphatic heterocycles. The summed E-state index contributed by atoms with van der Waals surface area (Å²) < 4.78 is 19.5. The quantitative estimate of drug-likeness (QED) is 0.196. The van der Waals surface area contributed by atoms with Gasteiger partial charge in [-0.15, -0.1) is 0 Å². The number of methoxy groups -OCH3 is 1. The highest BCUT2D eigenvalue weighted by Gasteiger charge is 2.13. The molecule has 1 atom stereocenters. The molecule has 0 bridgehead atoms. The van der Waals surface area contributed by atoms with E-state index in [1.54, 1.807) is 7.11 Å². The Morgan fingerprint density at radius 3 is 0.918 bits per heavy atom. The molecule has 49 heavy (non-hydrogen) atoms. The molecule has 0 amide bonds. The lowest BCUT2D eigenvalue weighted by molar-refractivity contribution is 0.317. The Morgan fingerprint density at radius 2 is 0.755 bits per heavy atom. The summed E-state index contributed by atoms with van der Waals surface area (Å²) in [6, 6.07) is 43.6. The van der Waals surface area contributed by atoms with Crippen LogP contribution in [0.4, 0.5) is 0 Å². The van der Waals surface area contributed by atoms with Crippen molar-refractivity contribution >= 4 is 0 Å². The van der Waals surface area contributed by atoms with Gasteiger partial charge in [0.2, 0.25) is 0 Å². The molecule has 6 N–H and O–H groups in total. The zero-order chi connectivity index (χ0) is 29.4. The van der Waals surface area contributed by atoms with E-state index in [4.69, 9.17) is 14.2 Å². The highest BCUT2D eigenvalue weighted by atomic mass is 16.6. The van der Waals surface area contributed by atoms with Crippen LogP contribution in [0.2, 0.25) is 0 Å². The number of ether oxygens (including phenoxy) is 4. The minimum Gasteiger partial charge on any atom is -0.497 e. The summed E-state index contributed by atoms with van der Waals surface area (Å²) >= 11 is 0. The molecule has 0 radical (unpaired) electrons. The maximum Gasteiger partial charge on any atom is 0.119 e. The molecule has 2 aliphatic rings. The second-order valence-corrected chi connectivity index (χ2v) is 8.45. The minimum atomic E-state index is 0. The summed E-state index contributed by atoms with van der Waals surface area (Å²) in [5.41, 5.74) is 0. The first-order valence-electron chi connectivity index (χ1n) is 14.1. The summed E-state index contributed by atoms with van der Waals surface area (Å²) in [7, 11) is 1.66. The van der Waals surface area contributed by atoms with Crippen LogP contribution in [0.5, 0.6) is 11.5 Å². The number of benzene rings is 4. The average Bonchev–Trinajstić information content (AvgIpc) is 3.98. The largest absolute Gasteiger partial charge is 0.497 e. The lowest BCUT2D eigenvalue weighted by Crippen LogP contribution is -1.93. The Kier molecular flexibility index (Phi) is 86.9. The first-order valence-corrected chi connectivity index (χ1v) is 14.1. The molecule has 0 aromatic heterocycles. The number of epoxide rings is 2. The van der Waals surface area contributed by atoms with Gasteiger partial charge < -0.3 is 35.4 Å². The maximum absolute atomic E-state index is 5.36. The van der Waals surface area contributed by atoms with E-state index in [-0.39, 0.29) is 61.0 Å². The molecule has 0 saturated carbocycles. The zero-order valence-electron chi connectivity index (χ0n) is 26.7. The Morgan fingerprint density at radius 1 is 0.531 bits per heavy atom. The SMILES string of the molecule is C.C.C.C.C.C.C1CO1.CC1CO1.CCC.CCCOc1ccccc1.COc1ccccc1.O.O.O.c1ccccc1.c1ccccc1. The summed E-state index contributed by atoms with van der Waals surface area (Å²) in [6.45, 7) is 12.2. The monoisotopic (exact) mass is 697 g/mol. The topological polar surface area (TPSA) is 138 Å². The number of hydrogen-bond acceptors (Lipinski definition) is 4. The Labute approximate surface area is 304 Å². The first-order chi connectivity index (χ1) is 19.7. The van der Waals surface area contributed by atoms with E-state index in [1.807, 2.05) is 133 Å². The first kappa shape index (κ1) is 71.3. The van der Waals surface area contributed by atoms with Crippen molar-refractivity contribution in [3.05, 3.63) is 133 Å². The van der Waals surface area contributed by atoms with Crippen molar-refractivity contribution in [3.63, 3.8) is 0 Å².